The summed E-state index contributed by atoms with van der Waals surface area (Å²) in [7, 11) is 1.61. The van der Waals surface area contributed by atoms with Gasteiger partial charge in [-0.15, -0.1) is 0 Å². The molecule has 0 saturated heterocycles. The molecule has 4 heteroatoms. The molecule has 0 spiro atoms. The Kier molecular flexibility index (Phi) is 4.75. The van der Waals surface area contributed by atoms with Gasteiger partial charge in [0, 0.05) is 6.42 Å². The molecule has 3 rings (SSSR count). The van der Waals surface area contributed by atoms with Crippen molar-refractivity contribution in [3.63, 3.8) is 0 Å². The van der Waals surface area contributed by atoms with E-state index in [2.05, 4.69) is 36.2 Å². The minimum absolute atomic E-state index is 0.321. The minimum Gasteiger partial charge on any atom is -0.497 e. The summed E-state index contributed by atoms with van der Waals surface area (Å²) < 4.78 is 10.4. The fourth-order valence-corrected chi connectivity index (χ4v) is 2.46. The number of cyclic esters (lactones) is 1. The Morgan fingerprint density at radius 3 is 2.67 bits per heavy atom. The second kappa shape index (κ2) is 7.13. The number of hydrogen-bond donors (Lipinski definition) is 0. The quantitative estimate of drug-likeness (QED) is 0.619. The van der Waals surface area contributed by atoms with E-state index in [1.807, 2.05) is 24.3 Å². The molecular formula is C20H19NO3. The van der Waals surface area contributed by atoms with Crippen LogP contribution in [0.2, 0.25) is 0 Å². The summed E-state index contributed by atoms with van der Waals surface area (Å²) in [6, 6.07) is 15.8. The molecule has 24 heavy (non-hydrogen) atoms. The van der Waals surface area contributed by atoms with E-state index >= 15 is 0 Å². The maximum absolute atomic E-state index is 12.0. The minimum atomic E-state index is -0.406. The zero-order valence-electron chi connectivity index (χ0n) is 13.8. The van der Waals surface area contributed by atoms with E-state index in [9.17, 15) is 4.79 Å². The molecule has 0 atom stereocenters. The van der Waals surface area contributed by atoms with Crippen molar-refractivity contribution in [2.24, 2.45) is 4.99 Å². The van der Waals surface area contributed by atoms with Crippen LogP contribution in [-0.4, -0.2) is 19.0 Å². The van der Waals surface area contributed by atoms with Gasteiger partial charge in [-0.05, 0) is 42.7 Å². The third-order valence-electron chi connectivity index (χ3n) is 3.81. The average molecular weight is 321 g/mol. The zero-order valence-corrected chi connectivity index (χ0v) is 13.8. The summed E-state index contributed by atoms with van der Waals surface area (Å²) in [6.07, 6.45) is 3.10. The third-order valence-corrected chi connectivity index (χ3v) is 3.81. The molecule has 0 unspecified atom stereocenters. The number of benzene rings is 2. The van der Waals surface area contributed by atoms with Gasteiger partial charge in [0.1, 0.15) is 5.75 Å². The third kappa shape index (κ3) is 3.90. The Bertz CT molecular complexity index is 804. The van der Waals surface area contributed by atoms with Crippen molar-refractivity contribution in [1.82, 2.24) is 0 Å². The average Bonchev–Trinajstić information content (AvgIpc) is 2.94. The molecule has 0 bridgehead atoms. The van der Waals surface area contributed by atoms with Crippen molar-refractivity contribution in [3.8, 4) is 5.75 Å². The van der Waals surface area contributed by atoms with Crippen molar-refractivity contribution >= 4 is 17.9 Å². The monoisotopic (exact) mass is 321 g/mol. The Hall–Kier alpha value is -2.88. The predicted molar refractivity (Wildman–Crippen MR) is 94.0 cm³/mol. The van der Waals surface area contributed by atoms with Crippen LogP contribution in [0.25, 0.3) is 6.08 Å². The van der Waals surface area contributed by atoms with Gasteiger partial charge < -0.3 is 9.47 Å². The lowest BCUT2D eigenvalue weighted by atomic mass is 10.1. The van der Waals surface area contributed by atoms with Crippen molar-refractivity contribution in [2.75, 3.05) is 7.11 Å². The highest BCUT2D eigenvalue weighted by Crippen LogP contribution is 2.20. The van der Waals surface area contributed by atoms with Crippen LogP contribution in [-0.2, 0) is 16.0 Å². The molecule has 122 valence electrons. The van der Waals surface area contributed by atoms with E-state index in [0.29, 0.717) is 18.0 Å². The molecular weight excluding hydrogens is 302 g/mol. The second-order valence-corrected chi connectivity index (χ2v) is 5.69. The molecule has 0 saturated carbocycles. The van der Waals surface area contributed by atoms with Crippen LogP contribution in [0.1, 0.15) is 23.1 Å². The number of hydrogen-bond acceptors (Lipinski definition) is 4. The lowest BCUT2D eigenvalue weighted by Crippen LogP contribution is -2.05. The Morgan fingerprint density at radius 1 is 1.12 bits per heavy atom. The molecule has 0 radical (unpaired) electrons. The van der Waals surface area contributed by atoms with Gasteiger partial charge in [-0.25, -0.2) is 9.79 Å². The SMILES string of the molecule is COc1cccc(/C=C2/N=C(CCc3ccc(C)cc3)OC2=O)c1. The molecule has 4 nitrogen and oxygen atoms in total. The van der Waals surface area contributed by atoms with Gasteiger partial charge in [0.25, 0.3) is 0 Å². The van der Waals surface area contributed by atoms with Gasteiger partial charge in [-0.1, -0.05) is 42.0 Å². The van der Waals surface area contributed by atoms with Gasteiger partial charge in [0.15, 0.2) is 11.6 Å². The van der Waals surface area contributed by atoms with Crippen molar-refractivity contribution in [3.05, 3.63) is 70.9 Å². The van der Waals surface area contributed by atoms with Crippen LogP contribution in [0.15, 0.2) is 59.2 Å². The van der Waals surface area contributed by atoms with Crippen LogP contribution in [0.4, 0.5) is 0 Å². The van der Waals surface area contributed by atoms with Crippen molar-refractivity contribution in [2.45, 2.75) is 19.8 Å². The largest absolute Gasteiger partial charge is 0.497 e. The second-order valence-electron chi connectivity index (χ2n) is 5.69. The molecule has 1 heterocycles. The fourth-order valence-electron chi connectivity index (χ4n) is 2.46. The summed E-state index contributed by atoms with van der Waals surface area (Å²) in [4.78, 5) is 16.3. The number of aliphatic imine (C=N–C) groups is 1. The molecule has 0 amide bonds. The van der Waals surface area contributed by atoms with E-state index in [0.717, 1.165) is 17.7 Å². The Labute approximate surface area is 141 Å². The highest BCUT2D eigenvalue weighted by molar-refractivity contribution is 6.07. The first-order valence-electron chi connectivity index (χ1n) is 7.85. The van der Waals surface area contributed by atoms with Crippen LogP contribution in [0.5, 0.6) is 5.75 Å². The molecule has 1 aliphatic rings. The normalized spacial score (nSPS) is 15.3. The van der Waals surface area contributed by atoms with Gasteiger partial charge in [0.05, 0.1) is 7.11 Å². The number of ether oxygens (including phenoxy) is 2. The number of aryl methyl sites for hydroxylation is 2. The maximum Gasteiger partial charge on any atom is 0.363 e. The van der Waals surface area contributed by atoms with Crippen LogP contribution >= 0.6 is 0 Å². The lowest BCUT2D eigenvalue weighted by Gasteiger charge is -2.01. The number of esters is 1. The molecule has 0 N–H and O–H groups in total. The first-order valence-corrected chi connectivity index (χ1v) is 7.85. The smallest absolute Gasteiger partial charge is 0.363 e. The predicted octanol–water partition coefficient (Wildman–Crippen LogP) is 3.93. The highest BCUT2D eigenvalue weighted by Gasteiger charge is 2.22. The van der Waals surface area contributed by atoms with E-state index in [1.54, 1.807) is 13.2 Å². The number of carbonyl (C=O) groups is 1. The summed E-state index contributed by atoms with van der Waals surface area (Å²) in [5.74, 6) is 0.797. The lowest BCUT2D eigenvalue weighted by molar-refractivity contribution is -0.130. The Balaban J connectivity index is 1.70. The first kappa shape index (κ1) is 16.0. The number of carbonyl (C=O) groups excluding carboxylic acids is 1. The molecule has 0 aliphatic carbocycles. The summed E-state index contributed by atoms with van der Waals surface area (Å²) in [6.45, 7) is 2.06. The Morgan fingerprint density at radius 2 is 1.92 bits per heavy atom. The fraction of sp³-hybridized carbons (Fsp3) is 0.200. The van der Waals surface area contributed by atoms with E-state index in [1.165, 1.54) is 11.1 Å². The molecule has 2 aromatic rings. The number of methoxy groups -OCH3 is 1. The van der Waals surface area contributed by atoms with Gasteiger partial charge >= 0.3 is 5.97 Å². The van der Waals surface area contributed by atoms with E-state index in [-0.39, 0.29) is 0 Å². The standard InChI is InChI=1S/C20H19NO3/c1-14-6-8-15(9-7-14)10-11-19-21-18(20(22)24-19)13-16-4-3-5-17(12-16)23-2/h3-9,12-13H,10-11H2,1-2H3/b18-13+. The highest BCUT2D eigenvalue weighted by atomic mass is 16.6. The van der Waals surface area contributed by atoms with Crippen molar-refractivity contribution in [1.29, 1.82) is 0 Å². The van der Waals surface area contributed by atoms with Crippen molar-refractivity contribution < 1.29 is 14.3 Å². The summed E-state index contributed by atoms with van der Waals surface area (Å²) in [5.41, 5.74) is 3.60. The molecule has 1 aliphatic heterocycles. The molecule has 0 fully saturated rings. The molecule has 0 aromatic heterocycles. The van der Waals surface area contributed by atoms with E-state index < -0.39 is 5.97 Å². The van der Waals surface area contributed by atoms with Gasteiger partial charge in [0.2, 0.25) is 0 Å². The number of rotatable bonds is 5. The summed E-state index contributed by atoms with van der Waals surface area (Å²) >= 11 is 0. The maximum atomic E-state index is 12.0. The van der Waals surface area contributed by atoms with Crippen LogP contribution in [0.3, 0.4) is 0 Å². The molecule has 2 aromatic carbocycles. The van der Waals surface area contributed by atoms with Crippen LogP contribution < -0.4 is 4.74 Å². The van der Waals surface area contributed by atoms with E-state index in [4.69, 9.17) is 9.47 Å². The first-order chi connectivity index (χ1) is 11.6. The van der Waals surface area contributed by atoms with Gasteiger partial charge in [-0.2, -0.15) is 0 Å². The van der Waals surface area contributed by atoms with Crippen LogP contribution in [0, 0.1) is 6.92 Å². The zero-order chi connectivity index (χ0) is 16.9. The number of nitrogens with zero attached hydrogens (tertiary/aromatic N) is 1. The topological polar surface area (TPSA) is 47.9 Å². The van der Waals surface area contributed by atoms with Gasteiger partial charge in [-0.3, -0.25) is 0 Å². The summed E-state index contributed by atoms with van der Waals surface area (Å²) in [5, 5.41) is 0.